The Bertz CT molecular complexity index is 1010. The summed E-state index contributed by atoms with van der Waals surface area (Å²) in [6.45, 7) is 0.428. The topological polar surface area (TPSA) is 57.6 Å². The van der Waals surface area contributed by atoms with Crippen molar-refractivity contribution in [3.8, 4) is 0 Å². The van der Waals surface area contributed by atoms with Crippen molar-refractivity contribution < 1.29 is 13.5 Å². The van der Waals surface area contributed by atoms with Gasteiger partial charge in [-0.25, -0.2) is 8.42 Å². The zero-order valence-electron chi connectivity index (χ0n) is 18.2. The van der Waals surface area contributed by atoms with Crippen LogP contribution in [0.3, 0.4) is 0 Å². The van der Waals surface area contributed by atoms with E-state index in [2.05, 4.69) is 72.8 Å². The van der Waals surface area contributed by atoms with Crippen LogP contribution < -0.4 is 0 Å². The van der Waals surface area contributed by atoms with E-state index < -0.39 is 14.8 Å². The summed E-state index contributed by atoms with van der Waals surface area (Å²) in [6.07, 6.45) is 2.44. The molecule has 32 heavy (non-hydrogen) atoms. The van der Waals surface area contributed by atoms with Gasteiger partial charge in [0.25, 0.3) is 0 Å². The van der Waals surface area contributed by atoms with Crippen molar-refractivity contribution in [2.45, 2.75) is 28.9 Å². The van der Waals surface area contributed by atoms with Gasteiger partial charge in [0.1, 0.15) is 0 Å². The second kappa shape index (κ2) is 9.79. The molecule has 0 aliphatic carbocycles. The number of thioether (sulfide) groups is 1. The van der Waals surface area contributed by atoms with E-state index in [-0.39, 0.29) is 17.9 Å². The number of aliphatic hydroxyl groups is 1. The van der Waals surface area contributed by atoms with E-state index in [1.165, 1.54) is 22.9 Å². The summed E-state index contributed by atoms with van der Waals surface area (Å²) in [7, 11) is -3.35. The first-order chi connectivity index (χ1) is 15.4. The highest BCUT2D eigenvalue weighted by atomic mass is 32.2. The van der Waals surface area contributed by atoms with E-state index in [0.29, 0.717) is 19.4 Å². The lowest BCUT2D eigenvalue weighted by molar-refractivity contribution is 0.247. The van der Waals surface area contributed by atoms with Gasteiger partial charge in [0, 0.05) is 24.4 Å². The molecule has 1 heterocycles. The summed E-state index contributed by atoms with van der Waals surface area (Å²) < 4.78 is 26.0. The number of aliphatic hydroxyl groups excluding tert-OH is 1. The quantitative estimate of drug-likeness (QED) is 0.496. The molecule has 3 aromatic carbocycles. The zero-order valence-corrected chi connectivity index (χ0v) is 19.8. The molecule has 0 saturated carbocycles. The van der Waals surface area contributed by atoms with E-state index in [0.717, 1.165) is 0 Å². The standard InChI is InChI=1S/C26H29NO3S2/c1-32(29,30)27-20-25(19-24(27)17-18-28)31-26(21-11-5-2-6-12-21,22-13-7-3-8-14-22)23-15-9-4-10-16-23/h2-16,24-25,28H,17-20H2,1H3/t24-,25-/m1/s1. The smallest absolute Gasteiger partial charge is 0.211 e. The molecule has 1 fully saturated rings. The molecule has 168 valence electrons. The molecule has 3 aromatic rings. The average molecular weight is 468 g/mol. The number of hydrogen-bond acceptors (Lipinski definition) is 4. The Kier molecular flexibility index (Phi) is 7.05. The molecule has 1 N–H and O–H groups in total. The fraction of sp³-hybridized carbons (Fsp3) is 0.308. The van der Waals surface area contributed by atoms with Crippen molar-refractivity contribution in [3.63, 3.8) is 0 Å². The maximum absolute atomic E-state index is 12.5. The summed E-state index contributed by atoms with van der Waals surface area (Å²) in [4.78, 5) is 0. The lowest BCUT2D eigenvalue weighted by atomic mass is 9.84. The van der Waals surface area contributed by atoms with E-state index in [4.69, 9.17) is 0 Å². The summed E-state index contributed by atoms with van der Waals surface area (Å²) in [5.41, 5.74) is 3.50. The fourth-order valence-corrected chi connectivity index (χ4v) is 7.87. The van der Waals surface area contributed by atoms with Crippen LogP contribution in [-0.2, 0) is 14.8 Å². The van der Waals surface area contributed by atoms with Gasteiger partial charge in [-0.2, -0.15) is 4.31 Å². The normalized spacial score (nSPS) is 19.8. The van der Waals surface area contributed by atoms with Gasteiger partial charge in [0.15, 0.2) is 0 Å². The molecule has 2 atom stereocenters. The molecule has 0 radical (unpaired) electrons. The van der Waals surface area contributed by atoms with Gasteiger partial charge in [-0.05, 0) is 29.5 Å². The molecule has 1 saturated heterocycles. The van der Waals surface area contributed by atoms with E-state index in [1.807, 2.05) is 30.0 Å². The van der Waals surface area contributed by atoms with Crippen LogP contribution >= 0.6 is 11.8 Å². The van der Waals surface area contributed by atoms with E-state index >= 15 is 0 Å². The van der Waals surface area contributed by atoms with Crippen molar-refractivity contribution in [3.05, 3.63) is 108 Å². The molecule has 0 bridgehead atoms. The Morgan fingerprint density at radius 3 is 1.69 bits per heavy atom. The Labute approximate surface area is 195 Å². The SMILES string of the molecule is CS(=O)(=O)N1C[C@H](SC(c2ccccc2)(c2ccccc2)c2ccccc2)C[C@H]1CCO. The van der Waals surface area contributed by atoms with Gasteiger partial charge in [-0.3, -0.25) is 0 Å². The van der Waals surface area contributed by atoms with Crippen LogP contribution in [0.1, 0.15) is 29.5 Å². The van der Waals surface area contributed by atoms with Gasteiger partial charge in [-0.1, -0.05) is 91.0 Å². The zero-order chi connectivity index (χ0) is 22.6. The Balaban J connectivity index is 1.84. The number of nitrogens with zero attached hydrogens (tertiary/aromatic N) is 1. The number of benzene rings is 3. The summed E-state index contributed by atoms with van der Waals surface area (Å²) >= 11 is 1.82. The van der Waals surface area contributed by atoms with Crippen molar-refractivity contribution in [2.75, 3.05) is 19.4 Å². The van der Waals surface area contributed by atoms with Gasteiger partial charge < -0.3 is 5.11 Å². The van der Waals surface area contributed by atoms with Gasteiger partial charge in [0.05, 0.1) is 11.0 Å². The minimum atomic E-state index is -3.35. The number of rotatable bonds is 8. The van der Waals surface area contributed by atoms with Gasteiger partial charge in [-0.15, -0.1) is 11.8 Å². The van der Waals surface area contributed by atoms with Crippen molar-refractivity contribution in [2.24, 2.45) is 0 Å². The Morgan fingerprint density at radius 2 is 1.31 bits per heavy atom. The monoisotopic (exact) mass is 467 g/mol. The molecule has 6 heteroatoms. The number of sulfonamides is 1. The third kappa shape index (κ3) is 4.64. The van der Waals surface area contributed by atoms with Crippen LogP contribution in [0.2, 0.25) is 0 Å². The first kappa shape index (κ1) is 23.1. The highest BCUT2D eigenvalue weighted by Gasteiger charge is 2.44. The van der Waals surface area contributed by atoms with Gasteiger partial charge in [0.2, 0.25) is 10.0 Å². The number of hydrogen-bond donors (Lipinski definition) is 1. The summed E-state index contributed by atoms with van der Waals surface area (Å²) in [6, 6.07) is 31.2. The molecule has 0 unspecified atom stereocenters. The van der Waals surface area contributed by atoms with Gasteiger partial charge >= 0.3 is 0 Å². The third-order valence-electron chi connectivity index (χ3n) is 6.10. The fourth-order valence-electron chi connectivity index (χ4n) is 4.72. The highest BCUT2D eigenvalue weighted by Crippen LogP contribution is 2.52. The average Bonchev–Trinajstić information content (AvgIpc) is 3.22. The molecular formula is C26H29NO3S2. The van der Waals surface area contributed by atoms with Crippen LogP contribution in [0.5, 0.6) is 0 Å². The Hall–Kier alpha value is -2.12. The highest BCUT2D eigenvalue weighted by molar-refractivity contribution is 8.01. The first-order valence-electron chi connectivity index (χ1n) is 10.9. The predicted molar refractivity (Wildman–Crippen MR) is 132 cm³/mol. The molecule has 0 amide bonds. The molecule has 0 spiro atoms. The minimum Gasteiger partial charge on any atom is -0.396 e. The van der Waals surface area contributed by atoms with Crippen molar-refractivity contribution in [1.82, 2.24) is 4.31 Å². The predicted octanol–water partition coefficient (Wildman–Crippen LogP) is 4.50. The summed E-state index contributed by atoms with van der Waals surface area (Å²) in [5.74, 6) is 0. The van der Waals surface area contributed by atoms with Crippen molar-refractivity contribution in [1.29, 1.82) is 0 Å². The molecule has 4 rings (SSSR count). The Morgan fingerprint density at radius 1 is 0.875 bits per heavy atom. The molecule has 1 aliphatic heterocycles. The van der Waals surface area contributed by atoms with E-state index in [9.17, 15) is 13.5 Å². The second-order valence-corrected chi connectivity index (χ2v) is 11.7. The van der Waals surface area contributed by atoms with Crippen LogP contribution in [0.25, 0.3) is 0 Å². The van der Waals surface area contributed by atoms with Crippen molar-refractivity contribution >= 4 is 21.8 Å². The third-order valence-corrected chi connectivity index (χ3v) is 9.13. The lowest BCUT2D eigenvalue weighted by Crippen LogP contribution is -2.35. The van der Waals surface area contributed by atoms with Crippen LogP contribution in [0, 0.1) is 0 Å². The molecule has 4 nitrogen and oxygen atoms in total. The summed E-state index contributed by atoms with van der Waals surface area (Å²) in [5, 5.41) is 9.62. The largest absolute Gasteiger partial charge is 0.396 e. The molecular weight excluding hydrogens is 438 g/mol. The van der Waals surface area contributed by atoms with Crippen LogP contribution in [-0.4, -0.2) is 48.5 Å². The van der Waals surface area contributed by atoms with Crippen LogP contribution in [0.4, 0.5) is 0 Å². The lowest BCUT2D eigenvalue weighted by Gasteiger charge is -2.37. The van der Waals surface area contributed by atoms with E-state index in [1.54, 1.807) is 4.31 Å². The maximum Gasteiger partial charge on any atom is 0.211 e. The first-order valence-corrected chi connectivity index (χ1v) is 13.6. The second-order valence-electron chi connectivity index (χ2n) is 8.25. The molecule has 0 aromatic heterocycles. The minimum absolute atomic E-state index is 0.0186. The van der Waals surface area contributed by atoms with Crippen LogP contribution in [0.15, 0.2) is 91.0 Å². The maximum atomic E-state index is 12.5. The molecule has 1 aliphatic rings.